The average molecular weight is 355 g/mol. The third-order valence-electron chi connectivity index (χ3n) is 3.74. The predicted molar refractivity (Wildman–Crippen MR) is 86.9 cm³/mol. The number of halogens is 1. The summed E-state index contributed by atoms with van der Waals surface area (Å²) in [5.74, 6) is -0.0620. The normalized spacial score (nSPS) is 24.5. The van der Waals surface area contributed by atoms with Gasteiger partial charge in [-0.2, -0.15) is 0 Å². The topological polar surface area (TPSA) is 55.6 Å². The lowest BCUT2D eigenvalue weighted by atomic mass is 9.90. The Morgan fingerprint density at radius 1 is 1.43 bits per heavy atom. The second-order valence-corrected chi connectivity index (χ2v) is 7.50. The molecule has 21 heavy (non-hydrogen) atoms. The van der Waals surface area contributed by atoms with Gasteiger partial charge in [-0.15, -0.1) is 0 Å². The van der Waals surface area contributed by atoms with Crippen LogP contribution in [0.2, 0.25) is 0 Å². The average Bonchev–Trinajstić information content (AvgIpc) is 2.36. The molecule has 0 bridgehead atoms. The van der Waals surface area contributed by atoms with Gasteiger partial charge in [0.25, 0.3) is 0 Å². The first-order valence-corrected chi connectivity index (χ1v) is 7.93. The van der Waals surface area contributed by atoms with Crippen LogP contribution in [0.1, 0.15) is 33.3 Å². The van der Waals surface area contributed by atoms with E-state index in [2.05, 4.69) is 15.9 Å². The van der Waals surface area contributed by atoms with Crippen molar-refractivity contribution in [3.05, 3.63) is 34.3 Å². The number of nitrogens with zero attached hydrogens (tertiary/aromatic N) is 1. The van der Waals surface area contributed by atoms with Crippen LogP contribution in [0.15, 0.2) is 28.7 Å². The van der Waals surface area contributed by atoms with Crippen molar-refractivity contribution in [2.45, 2.75) is 44.9 Å². The molecule has 0 saturated carbocycles. The van der Waals surface area contributed by atoms with Crippen molar-refractivity contribution in [2.75, 3.05) is 13.1 Å². The molecule has 0 aliphatic carbocycles. The van der Waals surface area contributed by atoms with Crippen molar-refractivity contribution in [1.82, 2.24) is 4.90 Å². The maximum atomic E-state index is 12.9. The van der Waals surface area contributed by atoms with Gasteiger partial charge in [0.15, 0.2) is 0 Å². The van der Waals surface area contributed by atoms with E-state index in [0.29, 0.717) is 13.1 Å². The van der Waals surface area contributed by atoms with Crippen molar-refractivity contribution in [2.24, 2.45) is 5.73 Å². The Bertz CT molecular complexity index is 526. The van der Waals surface area contributed by atoms with Gasteiger partial charge in [0, 0.05) is 17.6 Å². The Balaban J connectivity index is 2.23. The second-order valence-electron chi connectivity index (χ2n) is 6.58. The molecule has 1 heterocycles. The number of hydrogen-bond donors (Lipinski definition) is 1. The summed E-state index contributed by atoms with van der Waals surface area (Å²) in [7, 11) is 0. The van der Waals surface area contributed by atoms with Crippen LogP contribution in [0, 0.1) is 0 Å². The Labute approximate surface area is 134 Å². The van der Waals surface area contributed by atoms with E-state index in [4.69, 9.17) is 10.5 Å². The summed E-state index contributed by atoms with van der Waals surface area (Å²) in [5, 5.41) is 0. The van der Waals surface area contributed by atoms with E-state index >= 15 is 0 Å². The quantitative estimate of drug-likeness (QED) is 0.887. The standard InChI is InChI=1S/C16H23BrN2O2/c1-11-9-19(10-15(2,3)21-11)14(20)16(4,18)12-5-7-13(17)8-6-12/h5-8,11H,9-10,18H2,1-4H3. The molecule has 0 spiro atoms. The number of benzene rings is 1. The first-order chi connectivity index (χ1) is 9.62. The highest BCUT2D eigenvalue weighted by Gasteiger charge is 2.40. The number of ether oxygens (including phenoxy) is 1. The number of hydrogen-bond acceptors (Lipinski definition) is 3. The van der Waals surface area contributed by atoms with Gasteiger partial charge >= 0.3 is 0 Å². The largest absolute Gasteiger partial charge is 0.369 e. The summed E-state index contributed by atoms with van der Waals surface area (Å²) in [4.78, 5) is 14.7. The summed E-state index contributed by atoms with van der Waals surface area (Å²) < 4.78 is 6.82. The van der Waals surface area contributed by atoms with Crippen LogP contribution < -0.4 is 5.73 Å². The molecule has 1 aliphatic rings. The first-order valence-electron chi connectivity index (χ1n) is 7.14. The zero-order chi connectivity index (χ0) is 15.8. The minimum absolute atomic E-state index is 0.0124. The molecule has 1 fully saturated rings. The van der Waals surface area contributed by atoms with Gasteiger partial charge in [-0.05, 0) is 45.4 Å². The lowest BCUT2D eigenvalue weighted by Gasteiger charge is -2.44. The van der Waals surface area contributed by atoms with Gasteiger partial charge < -0.3 is 15.4 Å². The molecule has 0 aromatic heterocycles. The summed E-state index contributed by atoms with van der Waals surface area (Å²) in [6.45, 7) is 8.87. The number of rotatable bonds is 2. The molecule has 1 amide bonds. The van der Waals surface area contributed by atoms with Crippen LogP contribution in [0.25, 0.3) is 0 Å². The summed E-state index contributed by atoms with van der Waals surface area (Å²) >= 11 is 3.40. The molecule has 2 unspecified atom stereocenters. The number of carbonyl (C=O) groups is 1. The molecule has 1 aromatic rings. The van der Waals surface area contributed by atoms with E-state index in [1.165, 1.54) is 0 Å². The van der Waals surface area contributed by atoms with Crippen molar-refractivity contribution in [3.63, 3.8) is 0 Å². The molecule has 2 N–H and O–H groups in total. The highest BCUT2D eigenvalue weighted by Crippen LogP contribution is 2.27. The zero-order valence-electron chi connectivity index (χ0n) is 13.0. The monoisotopic (exact) mass is 354 g/mol. The number of amides is 1. The van der Waals surface area contributed by atoms with Gasteiger partial charge in [-0.3, -0.25) is 4.79 Å². The van der Waals surface area contributed by atoms with E-state index in [9.17, 15) is 4.79 Å². The minimum atomic E-state index is -1.03. The zero-order valence-corrected chi connectivity index (χ0v) is 14.6. The van der Waals surface area contributed by atoms with Crippen molar-refractivity contribution in [1.29, 1.82) is 0 Å². The van der Waals surface area contributed by atoms with Crippen LogP contribution in [0.5, 0.6) is 0 Å². The number of morpholine rings is 1. The van der Waals surface area contributed by atoms with Gasteiger partial charge in [0.2, 0.25) is 5.91 Å². The highest BCUT2D eigenvalue weighted by atomic mass is 79.9. The lowest BCUT2D eigenvalue weighted by molar-refractivity contribution is -0.162. The van der Waals surface area contributed by atoms with Crippen molar-refractivity contribution < 1.29 is 9.53 Å². The maximum Gasteiger partial charge on any atom is 0.247 e. The molecule has 1 saturated heterocycles. The van der Waals surface area contributed by atoms with Crippen LogP contribution in [-0.4, -0.2) is 35.6 Å². The third-order valence-corrected chi connectivity index (χ3v) is 4.27. The molecule has 4 nitrogen and oxygen atoms in total. The number of nitrogens with two attached hydrogens (primary N) is 1. The van der Waals surface area contributed by atoms with Crippen molar-refractivity contribution in [3.8, 4) is 0 Å². The van der Waals surface area contributed by atoms with E-state index in [0.717, 1.165) is 10.0 Å². The fraction of sp³-hybridized carbons (Fsp3) is 0.562. The van der Waals surface area contributed by atoms with Gasteiger partial charge in [0.05, 0.1) is 11.7 Å². The molecule has 2 rings (SSSR count). The molecular weight excluding hydrogens is 332 g/mol. The second kappa shape index (κ2) is 5.71. The smallest absolute Gasteiger partial charge is 0.247 e. The third kappa shape index (κ3) is 3.65. The van der Waals surface area contributed by atoms with Crippen LogP contribution in [0.3, 0.4) is 0 Å². The summed E-state index contributed by atoms with van der Waals surface area (Å²) in [5.41, 5.74) is 5.78. The van der Waals surface area contributed by atoms with E-state index in [1.54, 1.807) is 6.92 Å². The fourth-order valence-electron chi connectivity index (χ4n) is 2.86. The van der Waals surface area contributed by atoms with Crippen LogP contribution in [0.4, 0.5) is 0 Å². The fourth-order valence-corrected chi connectivity index (χ4v) is 3.12. The van der Waals surface area contributed by atoms with Gasteiger partial charge in [-0.1, -0.05) is 28.1 Å². The predicted octanol–water partition coefficient (Wildman–Crippen LogP) is 2.65. The van der Waals surface area contributed by atoms with Gasteiger partial charge in [0.1, 0.15) is 5.54 Å². The Hall–Kier alpha value is -0.910. The van der Waals surface area contributed by atoms with Gasteiger partial charge in [-0.25, -0.2) is 0 Å². The van der Waals surface area contributed by atoms with Crippen LogP contribution in [-0.2, 0) is 15.1 Å². The molecule has 116 valence electrons. The molecule has 1 aliphatic heterocycles. The molecule has 1 aromatic carbocycles. The van der Waals surface area contributed by atoms with E-state index < -0.39 is 5.54 Å². The van der Waals surface area contributed by atoms with Crippen molar-refractivity contribution >= 4 is 21.8 Å². The van der Waals surface area contributed by atoms with E-state index in [-0.39, 0.29) is 17.6 Å². The molecule has 0 radical (unpaired) electrons. The maximum absolute atomic E-state index is 12.9. The number of carbonyl (C=O) groups excluding carboxylic acids is 1. The summed E-state index contributed by atoms with van der Waals surface area (Å²) in [6.07, 6.45) is 0.0124. The Morgan fingerprint density at radius 2 is 2.00 bits per heavy atom. The minimum Gasteiger partial charge on any atom is -0.369 e. The first kappa shape index (κ1) is 16.5. The molecule has 2 atom stereocenters. The van der Waals surface area contributed by atoms with E-state index in [1.807, 2.05) is 49.9 Å². The molecular formula is C16H23BrN2O2. The lowest BCUT2D eigenvalue weighted by Crippen LogP contribution is -2.59. The SMILES string of the molecule is CC1CN(C(=O)C(C)(N)c2ccc(Br)cc2)CC(C)(C)O1. The van der Waals surface area contributed by atoms with Crippen LogP contribution >= 0.6 is 15.9 Å². The Morgan fingerprint density at radius 3 is 2.52 bits per heavy atom. The summed E-state index contributed by atoms with van der Waals surface area (Å²) in [6, 6.07) is 7.58. The molecule has 5 heteroatoms. The Kier molecular flexibility index (Phi) is 4.47. The highest BCUT2D eigenvalue weighted by molar-refractivity contribution is 9.10.